The number of nitrogens with one attached hydrogen (secondary N) is 1. The van der Waals surface area contributed by atoms with Crippen LogP contribution < -0.4 is 5.32 Å². The standard InChI is InChI=1S/C18H36N2O3/c1-17(2,3)15(9-12-21)19-13-14-7-10-20(11-8-14)16(22)23-18(4,5)6/h14-15,19,21H,7-13H2,1-6H3. The smallest absolute Gasteiger partial charge is 0.410 e. The predicted octanol–water partition coefficient (Wildman–Crippen LogP) is 3.02. The van der Waals surface area contributed by atoms with Crippen molar-refractivity contribution >= 4 is 6.09 Å². The van der Waals surface area contributed by atoms with Crippen LogP contribution in [0.4, 0.5) is 4.79 Å². The van der Waals surface area contributed by atoms with Crippen molar-refractivity contribution in [1.82, 2.24) is 10.2 Å². The van der Waals surface area contributed by atoms with Crippen LogP contribution in [0.2, 0.25) is 0 Å². The lowest BCUT2D eigenvalue weighted by molar-refractivity contribution is 0.0181. The first-order chi connectivity index (χ1) is 10.5. The van der Waals surface area contributed by atoms with Crippen molar-refractivity contribution in [2.24, 2.45) is 11.3 Å². The Hall–Kier alpha value is -0.810. The highest BCUT2D eigenvalue weighted by Gasteiger charge is 2.28. The third-order valence-electron chi connectivity index (χ3n) is 4.38. The minimum atomic E-state index is -0.431. The molecule has 1 aliphatic heterocycles. The Labute approximate surface area is 141 Å². The number of carbonyl (C=O) groups is 1. The molecule has 0 spiro atoms. The molecule has 1 rings (SSSR count). The van der Waals surface area contributed by atoms with E-state index < -0.39 is 5.60 Å². The highest BCUT2D eigenvalue weighted by molar-refractivity contribution is 5.68. The Morgan fingerprint density at radius 2 is 1.78 bits per heavy atom. The molecule has 5 heteroatoms. The zero-order chi connectivity index (χ0) is 17.7. The molecule has 1 amide bonds. The molecular weight excluding hydrogens is 292 g/mol. The molecule has 1 unspecified atom stereocenters. The van der Waals surface area contributed by atoms with E-state index in [0.717, 1.165) is 38.9 Å². The van der Waals surface area contributed by atoms with E-state index in [1.54, 1.807) is 0 Å². The van der Waals surface area contributed by atoms with Crippen LogP contribution in [0.25, 0.3) is 0 Å². The van der Waals surface area contributed by atoms with Crippen molar-refractivity contribution in [3.63, 3.8) is 0 Å². The number of nitrogens with zero attached hydrogens (tertiary/aromatic N) is 1. The average molecular weight is 328 g/mol. The molecule has 1 atom stereocenters. The van der Waals surface area contributed by atoms with E-state index in [4.69, 9.17) is 4.74 Å². The van der Waals surface area contributed by atoms with E-state index in [1.165, 1.54) is 0 Å². The van der Waals surface area contributed by atoms with Crippen LogP contribution in [0.15, 0.2) is 0 Å². The van der Waals surface area contributed by atoms with Crippen LogP contribution in [0.5, 0.6) is 0 Å². The van der Waals surface area contributed by atoms with Gasteiger partial charge < -0.3 is 20.1 Å². The number of amides is 1. The fraction of sp³-hybridized carbons (Fsp3) is 0.944. The lowest BCUT2D eigenvalue weighted by Crippen LogP contribution is -2.46. The van der Waals surface area contributed by atoms with Gasteiger partial charge in [0.05, 0.1) is 0 Å². The molecule has 0 saturated carbocycles. The number of hydrogen-bond acceptors (Lipinski definition) is 4. The fourth-order valence-corrected chi connectivity index (χ4v) is 2.93. The quantitative estimate of drug-likeness (QED) is 0.814. The molecule has 0 aromatic carbocycles. The zero-order valence-corrected chi connectivity index (χ0v) is 15.8. The second-order valence-corrected chi connectivity index (χ2v) is 8.75. The van der Waals surface area contributed by atoms with Crippen LogP contribution in [0, 0.1) is 11.3 Å². The molecule has 0 aromatic rings. The summed E-state index contributed by atoms with van der Waals surface area (Å²) in [4.78, 5) is 13.9. The molecule has 1 fully saturated rings. The van der Waals surface area contributed by atoms with Crippen molar-refractivity contribution in [3.05, 3.63) is 0 Å². The minimum Gasteiger partial charge on any atom is -0.444 e. The molecule has 1 aliphatic rings. The van der Waals surface area contributed by atoms with Gasteiger partial charge in [0.25, 0.3) is 0 Å². The van der Waals surface area contributed by atoms with E-state index in [0.29, 0.717) is 12.0 Å². The number of ether oxygens (including phenoxy) is 1. The van der Waals surface area contributed by atoms with E-state index >= 15 is 0 Å². The van der Waals surface area contributed by atoms with Gasteiger partial charge in [-0.1, -0.05) is 20.8 Å². The van der Waals surface area contributed by atoms with Crippen molar-refractivity contribution in [1.29, 1.82) is 0 Å². The van der Waals surface area contributed by atoms with Gasteiger partial charge in [0.1, 0.15) is 5.60 Å². The first-order valence-corrected chi connectivity index (χ1v) is 8.85. The van der Waals surface area contributed by atoms with Crippen LogP contribution in [-0.4, -0.2) is 54.0 Å². The average Bonchev–Trinajstić information content (AvgIpc) is 2.41. The number of carbonyl (C=O) groups excluding carboxylic acids is 1. The van der Waals surface area contributed by atoms with Gasteiger partial charge in [0.15, 0.2) is 0 Å². The maximum Gasteiger partial charge on any atom is 0.410 e. The Morgan fingerprint density at radius 1 is 1.22 bits per heavy atom. The highest BCUT2D eigenvalue weighted by atomic mass is 16.6. The van der Waals surface area contributed by atoms with E-state index in [1.807, 2.05) is 25.7 Å². The van der Waals surface area contributed by atoms with Crippen molar-refractivity contribution in [2.75, 3.05) is 26.2 Å². The summed E-state index contributed by atoms with van der Waals surface area (Å²) in [6, 6.07) is 0.316. The summed E-state index contributed by atoms with van der Waals surface area (Å²) in [5.41, 5.74) is -0.292. The van der Waals surface area contributed by atoms with Gasteiger partial charge in [-0.15, -0.1) is 0 Å². The number of aliphatic hydroxyl groups is 1. The normalized spacial score (nSPS) is 18.8. The summed E-state index contributed by atoms with van der Waals surface area (Å²) >= 11 is 0. The van der Waals surface area contributed by atoms with E-state index in [9.17, 15) is 9.90 Å². The monoisotopic (exact) mass is 328 g/mol. The topological polar surface area (TPSA) is 61.8 Å². The van der Waals surface area contributed by atoms with Gasteiger partial charge >= 0.3 is 6.09 Å². The fourth-order valence-electron chi connectivity index (χ4n) is 2.93. The minimum absolute atomic E-state index is 0.139. The maximum absolute atomic E-state index is 12.1. The molecule has 0 radical (unpaired) electrons. The van der Waals surface area contributed by atoms with E-state index in [-0.39, 0.29) is 18.1 Å². The molecule has 136 valence electrons. The SMILES string of the molecule is CC(C)(C)OC(=O)N1CCC(CNC(CCO)C(C)(C)C)CC1. The Balaban J connectivity index is 2.37. The van der Waals surface area contributed by atoms with Gasteiger partial charge in [-0.2, -0.15) is 0 Å². The number of aliphatic hydroxyl groups excluding tert-OH is 1. The number of rotatable bonds is 5. The lowest BCUT2D eigenvalue weighted by atomic mass is 9.84. The van der Waals surface area contributed by atoms with E-state index in [2.05, 4.69) is 26.1 Å². The molecule has 1 saturated heterocycles. The van der Waals surface area contributed by atoms with Gasteiger partial charge in [-0.05, 0) is 57.9 Å². The van der Waals surface area contributed by atoms with Crippen molar-refractivity contribution < 1.29 is 14.6 Å². The summed E-state index contributed by atoms with van der Waals surface area (Å²) in [6.45, 7) is 15.0. The van der Waals surface area contributed by atoms with Crippen LogP contribution >= 0.6 is 0 Å². The van der Waals surface area contributed by atoms with Gasteiger partial charge in [-0.3, -0.25) is 0 Å². The maximum atomic E-state index is 12.1. The Kier molecular flexibility index (Phi) is 7.33. The highest BCUT2D eigenvalue weighted by Crippen LogP contribution is 2.24. The third kappa shape index (κ3) is 7.53. The molecule has 2 N–H and O–H groups in total. The molecule has 23 heavy (non-hydrogen) atoms. The second-order valence-electron chi connectivity index (χ2n) is 8.75. The number of piperidine rings is 1. The van der Waals surface area contributed by atoms with Crippen LogP contribution in [0.3, 0.4) is 0 Å². The Morgan fingerprint density at radius 3 is 2.22 bits per heavy atom. The summed E-state index contributed by atoms with van der Waals surface area (Å²) in [5, 5.41) is 12.8. The first-order valence-electron chi connectivity index (χ1n) is 8.85. The summed E-state index contributed by atoms with van der Waals surface area (Å²) in [5.74, 6) is 0.581. The third-order valence-corrected chi connectivity index (χ3v) is 4.38. The zero-order valence-electron chi connectivity index (χ0n) is 15.8. The summed E-state index contributed by atoms with van der Waals surface area (Å²) in [6.07, 6.45) is 2.59. The summed E-state index contributed by atoms with van der Waals surface area (Å²) in [7, 11) is 0. The largest absolute Gasteiger partial charge is 0.444 e. The van der Waals surface area contributed by atoms with Gasteiger partial charge in [0, 0.05) is 25.7 Å². The molecule has 0 aliphatic carbocycles. The predicted molar refractivity (Wildman–Crippen MR) is 93.5 cm³/mol. The number of hydrogen-bond donors (Lipinski definition) is 2. The first kappa shape index (κ1) is 20.2. The van der Waals surface area contributed by atoms with Crippen LogP contribution in [-0.2, 0) is 4.74 Å². The molecule has 1 heterocycles. The molecular formula is C18H36N2O3. The molecule has 0 aromatic heterocycles. The van der Waals surface area contributed by atoms with Crippen molar-refractivity contribution in [2.45, 2.75) is 72.4 Å². The van der Waals surface area contributed by atoms with Crippen LogP contribution in [0.1, 0.15) is 60.8 Å². The van der Waals surface area contributed by atoms with Crippen molar-refractivity contribution in [3.8, 4) is 0 Å². The Bertz CT molecular complexity index is 363. The lowest BCUT2D eigenvalue weighted by Gasteiger charge is -2.36. The number of likely N-dealkylation sites (tertiary alicyclic amines) is 1. The molecule has 5 nitrogen and oxygen atoms in total. The molecule has 0 bridgehead atoms. The summed E-state index contributed by atoms with van der Waals surface area (Å²) < 4.78 is 5.43. The van der Waals surface area contributed by atoms with Gasteiger partial charge in [0.2, 0.25) is 0 Å². The van der Waals surface area contributed by atoms with Gasteiger partial charge in [-0.25, -0.2) is 4.79 Å². The second kappa shape index (κ2) is 8.34.